The highest BCUT2D eigenvalue weighted by molar-refractivity contribution is 6.00. The lowest BCUT2D eigenvalue weighted by Crippen LogP contribution is -2.33. The Labute approximate surface area is 88.9 Å². The van der Waals surface area contributed by atoms with E-state index in [1.807, 2.05) is 36.1 Å². The van der Waals surface area contributed by atoms with Crippen LogP contribution in [0.15, 0.2) is 24.3 Å². The molecule has 2 N–H and O–H groups in total. The second kappa shape index (κ2) is 2.83. The fraction of sp³-hybridized carbons (Fsp3) is 0.417. The number of carbonyl (C=O) groups is 1. The van der Waals surface area contributed by atoms with E-state index in [1.54, 1.807) is 0 Å². The molecule has 3 rings (SSSR count). The predicted octanol–water partition coefficient (Wildman–Crippen LogP) is 0.915. The summed E-state index contributed by atoms with van der Waals surface area (Å²) in [5.41, 5.74) is 7.98. The van der Waals surface area contributed by atoms with Crippen molar-refractivity contribution in [1.82, 2.24) is 0 Å². The lowest BCUT2D eigenvalue weighted by molar-refractivity contribution is -0.118. The van der Waals surface area contributed by atoms with Gasteiger partial charge < -0.3 is 10.6 Å². The molecule has 78 valence electrons. The van der Waals surface area contributed by atoms with Gasteiger partial charge in [-0.05, 0) is 24.6 Å². The first-order valence-corrected chi connectivity index (χ1v) is 5.32. The number of nitrogens with zero attached hydrogens (tertiary/aromatic N) is 1. The van der Waals surface area contributed by atoms with Gasteiger partial charge in [0.1, 0.15) is 0 Å². The van der Waals surface area contributed by atoms with Gasteiger partial charge in [0.25, 0.3) is 0 Å². The molecule has 1 aromatic rings. The van der Waals surface area contributed by atoms with Gasteiger partial charge in [0.15, 0.2) is 0 Å². The zero-order valence-corrected chi connectivity index (χ0v) is 8.68. The fourth-order valence-corrected chi connectivity index (χ4v) is 2.49. The third-order valence-corrected chi connectivity index (χ3v) is 3.49. The van der Waals surface area contributed by atoms with Gasteiger partial charge in [0.2, 0.25) is 5.91 Å². The molecule has 1 aliphatic heterocycles. The molecule has 1 saturated carbocycles. The van der Waals surface area contributed by atoms with Gasteiger partial charge in [-0.1, -0.05) is 12.1 Å². The summed E-state index contributed by atoms with van der Waals surface area (Å²) in [7, 11) is 0. The first-order valence-electron chi connectivity index (χ1n) is 5.32. The molecule has 0 spiro atoms. The Balaban J connectivity index is 1.88. The Kier molecular flexibility index (Phi) is 1.68. The Hall–Kier alpha value is -1.35. The van der Waals surface area contributed by atoms with Gasteiger partial charge in [-0.15, -0.1) is 0 Å². The first kappa shape index (κ1) is 8.92. The maximum atomic E-state index is 11.9. The molecule has 1 saturated heterocycles. The van der Waals surface area contributed by atoms with Crippen molar-refractivity contribution in [2.75, 3.05) is 11.4 Å². The van der Waals surface area contributed by atoms with Gasteiger partial charge >= 0.3 is 0 Å². The van der Waals surface area contributed by atoms with Crippen LogP contribution in [0.1, 0.15) is 5.56 Å². The van der Waals surface area contributed by atoms with Gasteiger partial charge in [0, 0.05) is 24.2 Å². The van der Waals surface area contributed by atoms with Crippen LogP contribution >= 0.6 is 0 Å². The van der Waals surface area contributed by atoms with Gasteiger partial charge in [-0.3, -0.25) is 4.79 Å². The summed E-state index contributed by atoms with van der Waals surface area (Å²) in [6.45, 7) is 2.84. The lowest BCUT2D eigenvalue weighted by Gasteiger charge is -2.19. The zero-order chi connectivity index (χ0) is 10.6. The fourth-order valence-electron chi connectivity index (χ4n) is 2.49. The summed E-state index contributed by atoms with van der Waals surface area (Å²) in [6, 6.07) is 8.19. The molecule has 3 heteroatoms. The van der Waals surface area contributed by atoms with Gasteiger partial charge in [0.05, 0.1) is 5.92 Å². The maximum absolute atomic E-state index is 11.9. The molecule has 2 aliphatic rings. The summed E-state index contributed by atoms with van der Waals surface area (Å²) < 4.78 is 0. The first-order chi connectivity index (χ1) is 7.18. The molecule has 3 unspecified atom stereocenters. The monoisotopic (exact) mass is 202 g/mol. The standard InChI is InChI=1S/C12H14N2O/c1-7-3-2-4-8(5-7)14-6-9-10(11(9)13)12(14)15/h2-5,9-11H,6,13H2,1H3. The molecular weight excluding hydrogens is 188 g/mol. The zero-order valence-electron chi connectivity index (χ0n) is 8.68. The lowest BCUT2D eigenvalue weighted by atomic mass is 10.2. The number of piperidine rings is 1. The number of fused-ring (bicyclic) bond motifs is 1. The topological polar surface area (TPSA) is 46.3 Å². The number of amides is 1. The van der Waals surface area contributed by atoms with Crippen molar-refractivity contribution < 1.29 is 4.79 Å². The van der Waals surface area contributed by atoms with Crippen molar-refractivity contribution >= 4 is 11.6 Å². The third-order valence-electron chi connectivity index (χ3n) is 3.49. The molecule has 2 fully saturated rings. The second-order valence-electron chi connectivity index (χ2n) is 4.55. The highest BCUT2D eigenvalue weighted by Gasteiger charge is 2.60. The number of rotatable bonds is 1. The minimum Gasteiger partial charge on any atom is -0.327 e. The normalized spacial score (nSPS) is 33.1. The molecule has 3 atom stereocenters. The van der Waals surface area contributed by atoms with Crippen LogP contribution < -0.4 is 10.6 Å². The number of aryl methyl sites for hydroxylation is 1. The van der Waals surface area contributed by atoms with Gasteiger partial charge in [-0.25, -0.2) is 0 Å². The SMILES string of the molecule is Cc1cccc(N2CC3C(N)C3C2=O)c1. The van der Waals surface area contributed by atoms with E-state index in [0.717, 1.165) is 12.2 Å². The summed E-state index contributed by atoms with van der Waals surface area (Å²) in [5, 5.41) is 0. The number of carbonyl (C=O) groups excluding carboxylic acids is 1. The molecule has 15 heavy (non-hydrogen) atoms. The number of hydrogen-bond donors (Lipinski definition) is 1. The third kappa shape index (κ3) is 1.20. The minimum absolute atomic E-state index is 0.102. The Morgan fingerprint density at radius 3 is 2.87 bits per heavy atom. The number of nitrogens with two attached hydrogens (primary N) is 1. The number of benzene rings is 1. The second-order valence-corrected chi connectivity index (χ2v) is 4.55. The molecular formula is C12H14N2O. The van der Waals surface area contributed by atoms with E-state index in [-0.39, 0.29) is 17.9 Å². The smallest absolute Gasteiger partial charge is 0.232 e. The van der Waals surface area contributed by atoms with E-state index < -0.39 is 0 Å². The average molecular weight is 202 g/mol. The highest BCUT2D eigenvalue weighted by Crippen LogP contribution is 2.46. The van der Waals surface area contributed by atoms with Crippen molar-refractivity contribution in [2.45, 2.75) is 13.0 Å². The van der Waals surface area contributed by atoms with E-state index >= 15 is 0 Å². The predicted molar refractivity (Wildman–Crippen MR) is 58.5 cm³/mol. The molecule has 3 nitrogen and oxygen atoms in total. The van der Waals surface area contributed by atoms with Crippen LogP contribution in [0.2, 0.25) is 0 Å². The van der Waals surface area contributed by atoms with Crippen LogP contribution in [0.5, 0.6) is 0 Å². The van der Waals surface area contributed by atoms with Crippen molar-refractivity contribution in [3.05, 3.63) is 29.8 Å². The minimum atomic E-state index is 0.102. The molecule has 0 radical (unpaired) electrons. The number of hydrogen-bond acceptors (Lipinski definition) is 2. The van der Waals surface area contributed by atoms with Crippen LogP contribution in [0.25, 0.3) is 0 Å². The number of anilines is 1. The van der Waals surface area contributed by atoms with Crippen molar-refractivity contribution in [1.29, 1.82) is 0 Å². The summed E-state index contributed by atoms with van der Waals surface area (Å²) in [5.74, 6) is 0.710. The van der Waals surface area contributed by atoms with Crippen LogP contribution in [-0.2, 0) is 4.79 Å². The Morgan fingerprint density at radius 2 is 2.27 bits per heavy atom. The van der Waals surface area contributed by atoms with Crippen LogP contribution in [0, 0.1) is 18.8 Å². The van der Waals surface area contributed by atoms with Crippen LogP contribution in [-0.4, -0.2) is 18.5 Å². The summed E-state index contributed by atoms with van der Waals surface area (Å²) in [6.07, 6.45) is 0. The van der Waals surface area contributed by atoms with Crippen molar-refractivity contribution in [3.8, 4) is 0 Å². The van der Waals surface area contributed by atoms with Crippen LogP contribution in [0.4, 0.5) is 5.69 Å². The maximum Gasteiger partial charge on any atom is 0.232 e. The van der Waals surface area contributed by atoms with E-state index in [0.29, 0.717) is 5.92 Å². The Morgan fingerprint density at radius 1 is 1.47 bits per heavy atom. The summed E-state index contributed by atoms with van der Waals surface area (Å²) in [4.78, 5) is 13.8. The Bertz CT molecular complexity index is 429. The largest absolute Gasteiger partial charge is 0.327 e. The van der Waals surface area contributed by atoms with Gasteiger partial charge in [-0.2, -0.15) is 0 Å². The van der Waals surface area contributed by atoms with E-state index in [4.69, 9.17) is 5.73 Å². The quantitative estimate of drug-likeness (QED) is 0.736. The van der Waals surface area contributed by atoms with Crippen molar-refractivity contribution in [2.24, 2.45) is 17.6 Å². The molecule has 1 aliphatic carbocycles. The molecule has 0 aromatic heterocycles. The highest BCUT2D eigenvalue weighted by atomic mass is 16.2. The van der Waals surface area contributed by atoms with E-state index in [9.17, 15) is 4.79 Å². The average Bonchev–Trinajstić information content (AvgIpc) is 2.68. The summed E-state index contributed by atoms with van der Waals surface area (Å²) >= 11 is 0. The van der Waals surface area contributed by atoms with E-state index in [1.165, 1.54) is 5.56 Å². The molecule has 1 aromatic carbocycles. The van der Waals surface area contributed by atoms with E-state index in [2.05, 4.69) is 0 Å². The molecule has 1 heterocycles. The van der Waals surface area contributed by atoms with Crippen LogP contribution in [0.3, 0.4) is 0 Å². The van der Waals surface area contributed by atoms with Crippen molar-refractivity contribution in [3.63, 3.8) is 0 Å². The molecule has 0 bridgehead atoms. The molecule has 1 amide bonds.